The van der Waals surface area contributed by atoms with Gasteiger partial charge in [0.25, 0.3) is 0 Å². The number of fused-ring (bicyclic) bond motifs is 1. The van der Waals surface area contributed by atoms with Gasteiger partial charge in [-0.1, -0.05) is 23.2 Å². The number of ether oxygens (including phenoxy) is 1. The Balaban J connectivity index is 1.64. The molecule has 1 aromatic carbocycles. The average Bonchev–Trinajstić information content (AvgIpc) is 3.14. The van der Waals surface area contributed by atoms with Gasteiger partial charge in [0.15, 0.2) is 0 Å². The first-order chi connectivity index (χ1) is 12.1. The highest BCUT2D eigenvalue weighted by atomic mass is 35.5. The second-order valence-corrected chi connectivity index (χ2v) is 7.20. The van der Waals surface area contributed by atoms with Crippen molar-refractivity contribution in [1.29, 1.82) is 0 Å². The monoisotopic (exact) mass is 379 g/mol. The minimum Gasteiger partial charge on any atom is -0.378 e. The van der Waals surface area contributed by atoms with Crippen molar-refractivity contribution < 1.29 is 9.53 Å². The van der Waals surface area contributed by atoms with Gasteiger partial charge in [0, 0.05) is 25.0 Å². The molecule has 1 atom stereocenters. The minimum absolute atomic E-state index is 0.166. The van der Waals surface area contributed by atoms with E-state index in [2.05, 4.69) is 4.90 Å². The summed E-state index contributed by atoms with van der Waals surface area (Å²) < 4.78 is 5.35. The highest BCUT2D eigenvalue weighted by molar-refractivity contribution is 6.39. The van der Waals surface area contributed by atoms with Crippen LogP contribution < -0.4 is 4.90 Å². The number of aromatic nitrogens is 1. The van der Waals surface area contributed by atoms with Crippen LogP contribution in [0.1, 0.15) is 12.8 Å². The van der Waals surface area contributed by atoms with E-state index in [0.29, 0.717) is 41.9 Å². The number of morpholine rings is 1. The van der Waals surface area contributed by atoms with Crippen LogP contribution in [0.3, 0.4) is 0 Å². The molecule has 2 aromatic rings. The van der Waals surface area contributed by atoms with Crippen molar-refractivity contribution in [3.05, 3.63) is 34.3 Å². The Bertz CT molecular complexity index is 808. The maximum Gasteiger partial charge on any atom is 0.245 e. The highest BCUT2D eigenvalue weighted by Gasteiger charge is 2.35. The lowest BCUT2D eigenvalue weighted by Gasteiger charge is -2.33. The normalized spacial score (nSPS) is 21.1. The first-order valence-electron chi connectivity index (χ1n) is 8.53. The molecule has 7 heteroatoms. The molecule has 0 radical (unpaired) electrons. The summed E-state index contributed by atoms with van der Waals surface area (Å²) in [6.45, 7) is 3.37. The molecule has 1 aromatic heterocycles. The molecule has 5 nitrogen and oxygen atoms in total. The Kier molecular flexibility index (Phi) is 4.71. The lowest BCUT2D eigenvalue weighted by atomic mass is 10.1. The summed E-state index contributed by atoms with van der Waals surface area (Å²) in [5, 5.41) is 2.02. The molecule has 0 saturated carbocycles. The van der Waals surface area contributed by atoms with E-state index in [1.54, 1.807) is 12.1 Å². The maximum atomic E-state index is 12.9. The zero-order valence-electron chi connectivity index (χ0n) is 13.8. The molecule has 4 rings (SSSR count). The third-order valence-electron chi connectivity index (χ3n) is 4.89. The van der Waals surface area contributed by atoms with Gasteiger partial charge in [0.05, 0.1) is 28.8 Å². The number of anilines is 1. The first kappa shape index (κ1) is 16.9. The molecule has 2 aliphatic heterocycles. The smallest absolute Gasteiger partial charge is 0.245 e. The van der Waals surface area contributed by atoms with Gasteiger partial charge in [-0.05, 0) is 37.1 Å². The van der Waals surface area contributed by atoms with Crippen LogP contribution in [-0.4, -0.2) is 54.7 Å². The van der Waals surface area contributed by atoms with Crippen LogP contribution in [-0.2, 0) is 9.53 Å². The third kappa shape index (κ3) is 3.16. The van der Waals surface area contributed by atoms with Crippen molar-refractivity contribution >= 4 is 45.8 Å². The summed E-state index contributed by atoms with van der Waals surface area (Å²) in [7, 11) is 0. The number of nitrogens with zero attached hydrogens (tertiary/aromatic N) is 3. The quantitative estimate of drug-likeness (QED) is 0.802. The molecule has 3 heterocycles. The fourth-order valence-corrected chi connectivity index (χ4v) is 4.01. The van der Waals surface area contributed by atoms with Gasteiger partial charge in [0.2, 0.25) is 5.91 Å². The lowest BCUT2D eigenvalue weighted by molar-refractivity contribution is -0.136. The van der Waals surface area contributed by atoms with Gasteiger partial charge in [-0.2, -0.15) is 0 Å². The Morgan fingerprint density at radius 2 is 1.84 bits per heavy atom. The van der Waals surface area contributed by atoms with Gasteiger partial charge >= 0.3 is 0 Å². The van der Waals surface area contributed by atoms with Crippen molar-refractivity contribution in [3.63, 3.8) is 0 Å². The predicted octanol–water partition coefficient (Wildman–Crippen LogP) is 3.37. The molecule has 0 aliphatic carbocycles. The van der Waals surface area contributed by atoms with E-state index < -0.39 is 0 Å². The molecule has 1 amide bonds. The first-order valence-corrected chi connectivity index (χ1v) is 9.28. The number of benzene rings is 1. The Hall–Kier alpha value is -1.56. The van der Waals surface area contributed by atoms with Gasteiger partial charge in [0.1, 0.15) is 11.9 Å². The molecule has 0 N–H and O–H groups in total. The molecular weight excluding hydrogens is 361 g/mol. The number of carbonyl (C=O) groups is 1. The van der Waals surface area contributed by atoms with Crippen LogP contribution in [0.25, 0.3) is 10.9 Å². The molecule has 2 fully saturated rings. The number of halogens is 2. The highest BCUT2D eigenvalue weighted by Crippen LogP contribution is 2.32. The number of pyridine rings is 1. The zero-order valence-corrected chi connectivity index (χ0v) is 15.3. The Morgan fingerprint density at radius 3 is 2.64 bits per heavy atom. The molecule has 0 unspecified atom stereocenters. The second kappa shape index (κ2) is 6.98. The van der Waals surface area contributed by atoms with Crippen LogP contribution in [0.4, 0.5) is 5.82 Å². The summed E-state index contributed by atoms with van der Waals surface area (Å²) in [5.74, 6) is 0.945. The van der Waals surface area contributed by atoms with E-state index in [9.17, 15) is 4.79 Å². The zero-order chi connectivity index (χ0) is 17.4. The van der Waals surface area contributed by atoms with Crippen LogP contribution in [0.15, 0.2) is 24.3 Å². The van der Waals surface area contributed by atoms with Crippen molar-refractivity contribution in [2.24, 2.45) is 0 Å². The topological polar surface area (TPSA) is 45.7 Å². The van der Waals surface area contributed by atoms with Crippen LogP contribution in [0, 0.1) is 0 Å². The van der Waals surface area contributed by atoms with Crippen LogP contribution in [0.5, 0.6) is 0 Å². The second-order valence-electron chi connectivity index (χ2n) is 6.38. The number of carbonyl (C=O) groups excluding carboxylic acids is 1. The molecule has 132 valence electrons. The fraction of sp³-hybridized carbons (Fsp3) is 0.444. The summed E-state index contributed by atoms with van der Waals surface area (Å²) in [5.41, 5.74) is 0.677. The van der Waals surface area contributed by atoms with E-state index in [1.807, 2.05) is 17.0 Å². The SMILES string of the molecule is O=C([C@H]1CCCN1c1ccc2c(Cl)ccc(Cl)c2n1)N1CCOCC1. The molecule has 2 saturated heterocycles. The molecule has 0 bridgehead atoms. The van der Waals surface area contributed by atoms with Crippen LogP contribution in [0.2, 0.25) is 10.0 Å². The van der Waals surface area contributed by atoms with Gasteiger partial charge < -0.3 is 14.5 Å². The number of hydrogen-bond donors (Lipinski definition) is 0. The fourth-order valence-electron chi connectivity index (χ4n) is 3.59. The van der Waals surface area contributed by atoms with Gasteiger partial charge in [-0.3, -0.25) is 4.79 Å². The third-order valence-corrected chi connectivity index (χ3v) is 5.53. The van der Waals surface area contributed by atoms with Crippen molar-refractivity contribution in [2.45, 2.75) is 18.9 Å². The van der Waals surface area contributed by atoms with E-state index in [4.69, 9.17) is 32.9 Å². The molecule has 2 aliphatic rings. The van der Waals surface area contributed by atoms with Crippen molar-refractivity contribution in [3.8, 4) is 0 Å². The summed E-state index contributed by atoms with van der Waals surface area (Å²) in [6.07, 6.45) is 1.82. The standard InChI is InChI=1S/C18H19Cl2N3O2/c19-13-4-5-14(20)17-12(13)3-6-16(21-17)23-7-1-2-15(23)18(24)22-8-10-25-11-9-22/h3-6,15H,1-2,7-11H2/t15-/m1/s1. The van der Waals surface area contributed by atoms with E-state index >= 15 is 0 Å². The van der Waals surface area contributed by atoms with Crippen molar-refractivity contribution in [2.75, 3.05) is 37.7 Å². The number of hydrogen-bond acceptors (Lipinski definition) is 4. The van der Waals surface area contributed by atoms with Crippen molar-refractivity contribution in [1.82, 2.24) is 9.88 Å². The average molecular weight is 380 g/mol. The summed E-state index contributed by atoms with van der Waals surface area (Å²) in [4.78, 5) is 21.6. The predicted molar refractivity (Wildman–Crippen MR) is 99.5 cm³/mol. The summed E-state index contributed by atoms with van der Waals surface area (Å²) >= 11 is 12.5. The van der Waals surface area contributed by atoms with E-state index in [1.165, 1.54) is 0 Å². The lowest BCUT2D eigenvalue weighted by Crippen LogP contribution is -2.50. The van der Waals surface area contributed by atoms with Gasteiger partial charge in [-0.15, -0.1) is 0 Å². The number of rotatable bonds is 2. The molecule has 0 spiro atoms. The Morgan fingerprint density at radius 1 is 1.08 bits per heavy atom. The van der Waals surface area contributed by atoms with Gasteiger partial charge in [-0.25, -0.2) is 4.98 Å². The summed E-state index contributed by atoms with van der Waals surface area (Å²) in [6, 6.07) is 7.22. The van der Waals surface area contributed by atoms with E-state index in [-0.39, 0.29) is 11.9 Å². The largest absolute Gasteiger partial charge is 0.378 e. The molecular formula is C18H19Cl2N3O2. The van der Waals surface area contributed by atoms with Crippen LogP contribution >= 0.6 is 23.2 Å². The minimum atomic E-state index is -0.166. The Labute approximate surface area is 156 Å². The maximum absolute atomic E-state index is 12.9. The van der Waals surface area contributed by atoms with E-state index in [0.717, 1.165) is 30.6 Å². The number of amides is 1. The molecule has 25 heavy (non-hydrogen) atoms.